The van der Waals surface area contributed by atoms with E-state index in [4.69, 9.17) is 4.74 Å². The zero-order valence-corrected chi connectivity index (χ0v) is 12.5. The lowest BCUT2D eigenvalue weighted by Gasteiger charge is -2.17. The highest BCUT2D eigenvalue weighted by atomic mass is 16.6. The SMILES string of the molecule is C/C(=N\NC(=O)OCc1ccc([N+](=O)[O-])cc1)C(C)(C)C. The van der Waals surface area contributed by atoms with Crippen molar-refractivity contribution in [2.75, 3.05) is 0 Å². The van der Waals surface area contributed by atoms with Crippen LogP contribution in [0.1, 0.15) is 33.3 Å². The van der Waals surface area contributed by atoms with Crippen LogP contribution in [0.2, 0.25) is 0 Å². The summed E-state index contributed by atoms with van der Waals surface area (Å²) in [5, 5.41) is 14.5. The molecule has 0 bridgehead atoms. The fourth-order valence-electron chi connectivity index (χ4n) is 1.19. The van der Waals surface area contributed by atoms with E-state index in [9.17, 15) is 14.9 Å². The van der Waals surface area contributed by atoms with Crippen LogP contribution in [0.4, 0.5) is 10.5 Å². The molecule has 7 heteroatoms. The summed E-state index contributed by atoms with van der Waals surface area (Å²) in [6.45, 7) is 7.78. The van der Waals surface area contributed by atoms with Gasteiger partial charge in [0.1, 0.15) is 6.61 Å². The molecule has 0 radical (unpaired) electrons. The predicted octanol–water partition coefficient (Wildman–Crippen LogP) is 3.24. The van der Waals surface area contributed by atoms with Gasteiger partial charge in [0, 0.05) is 23.3 Å². The highest BCUT2D eigenvalue weighted by molar-refractivity contribution is 5.87. The molecule has 0 aliphatic heterocycles. The predicted molar refractivity (Wildman–Crippen MR) is 79.0 cm³/mol. The lowest BCUT2D eigenvalue weighted by Crippen LogP contribution is -2.25. The van der Waals surface area contributed by atoms with Crippen LogP contribution < -0.4 is 5.43 Å². The number of rotatable bonds is 4. The van der Waals surface area contributed by atoms with Crippen molar-refractivity contribution in [1.29, 1.82) is 0 Å². The molecule has 0 spiro atoms. The maximum Gasteiger partial charge on any atom is 0.428 e. The van der Waals surface area contributed by atoms with E-state index in [1.807, 2.05) is 27.7 Å². The quantitative estimate of drug-likeness (QED) is 0.524. The summed E-state index contributed by atoms with van der Waals surface area (Å²) in [5.74, 6) is 0. The van der Waals surface area contributed by atoms with Gasteiger partial charge in [0.25, 0.3) is 5.69 Å². The second kappa shape index (κ2) is 6.83. The standard InChI is InChI=1S/C14H19N3O4/c1-10(14(2,3)4)15-16-13(18)21-9-11-5-7-12(8-6-11)17(19)20/h5-8H,9H2,1-4H3,(H,16,18)/b15-10+. The first-order chi connectivity index (χ1) is 9.70. The van der Waals surface area contributed by atoms with Gasteiger partial charge in [0.2, 0.25) is 0 Å². The third-order valence-corrected chi connectivity index (χ3v) is 2.92. The van der Waals surface area contributed by atoms with Crippen LogP contribution in [0, 0.1) is 15.5 Å². The van der Waals surface area contributed by atoms with Crippen molar-refractivity contribution in [1.82, 2.24) is 5.43 Å². The average molecular weight is 293 g/mol. The summed E-state index contributed by atoms with van der Waals surface area (Å²) in [4.78, 5) is 21.5. The Balaban J connectivity index is 2.48. The maximum atomic E-state index is 11.5. The summed E-state index contributed by atoms with van der Waals surface area (Å²) in [5.41, 5.74) is 3.60. The Hall–Kier alpha value is -2.44. The fourth-order valence-corrected chi connectivity index (χ4v) is 1.19. The minimum atomic E-state index is -0.669. The van der Waals surface area contributed by atoms with Crippen molar-refractivity contribution in [2.24, 2.45) is 10.5 Å². The molecule has 0 fully saturated rings. The van der Waals surface area contributed by atoms with Gasteiger partial charge >= 0.3 is 6.09 Å². The molecular weight excluding hydrogens is 274 g/mol. The van der Waals surface area contributed by atoms with Gasteiger partial charge < -0.3 is 4.74 Å². The van der Waals surface area contributed by atoms with Gasteiger partial charge in [-0.2, -0.15) is 5.10 Å². The Kier molecular flexibility index (Phi) is 5.40. The maximum absolute atomic E-state index is 11.5. The molecule has 0 saturated heterocycles. The molecule has 1 rings (SSSR count). The van der Waals surface area contributed by atoms with Crippen LogP contribution in [0.5, 0.6) is 0 Å². The summed E-state index contributed by atoms with van der Waals surface area (Å²) in [6.07, 6.45) is -0.669. The van der Waals surface area contributed by atoms with Crippen LogP contribution >= 0.6 is 0 Å². The minimum absolute atomic E-state index is 0.00592. The molecule has 1 aromatic carbocycles. The first-order valence-electron chi connectivity index (χ1n) is 6.41. The number of non-ortho nitro benzene ring substituents is 1. The lowest BCUT2D eigenvalue weighted by molar-refractivity contribution is -0.384. The Morgan fingerprint density at radius 3 is 2.38 bits per heavy atom. The van der Waals surface area contributed by atoms with Gasteiger partial charge in [0.05, 0.1) is 4.92 Å². The van der Waals surface area contributed by atoms with Crippen LogP contribution in [0.15, 0.2) is 29.4 Å². The van der Waals surface area contributed by atoms with Crippen LogP contribution in [-0.2, 0) is 11.3 Å². The molecule has 7 nitrogen and oxygen atoms in total. The van der Waals surface area contributed by atoms with Gasteiger partial charge in [0.15, 0.2) is 0 Å². The largest absolute Gasteiger partial charge is 0.443 e. The van der Waals surface area contributed by atoms with Crippen molar-refractivity contribution in [3.05, 3.63) is 39.9 Å². The van der Waals surface area contributed by atoms with E-state index in [-0.39, 0.29) is 17.7 Å². The van der Waals surface area contributed by atoms with E-state index in [0.717, 1.165) is 5.71 Å². The monoisotopic (exact) mass is 293 g/mol. The van der Waals surface area contributed by atoms with Crippen LogP contribution in [-0.4, -0.2) is 16.7 Å². The van der Waals surface area contributed by atoms with E-state index in [0.29, 0.717) is 5.56 Å². The third-order valence-electron chi connectivity index (χ3n) is 2.92. The van der Waals surface area contributed by atoms with Gasteiger partial charge in [-0.25, -0.2) is 10.2 Å². The molecule has 0 saturated carbocycles. The van der Waals surface area contributed by atoms with Crippen molar-refractivity contribution >= 4 is 17.5 Å². The Morgan fingerprint density at radius 2 is 1.90 bits per heavy atom. The number of hydrazone groups is 1. The third kappa shape index (κ3) is 5.60. The smallest absolute Gasteiger partial charge is 0.428 e. The van der Waals surface area contributed by atoms with Crippen LogP contribution in [0.3, 0.4) is 0 Å². The molecule has 1 N–H and O–H groups in total. The van der Waals surface area contributed by atoms with E-state index in [1.54, 1.807) is 0 Å². The highest BCUT2D eigenvalue weighted by Gasteiger charge is 2.14. The van der Waals surface area contributed by atoms with Crippen molar-refractivity contribution < 1.29 is 14.5 Å². The normalized spacial score (nSPS) is 11.9. The van der Waals surface area contributed by atoms with E-state index >= 15 is 0 Å². The van der Waals surface area contributed by atoms with E-state index < -0.39 is 11.0 Å². The summed E-state index contributed by atoms with van der Waals surface area (Å²) in [6, 6.07) is 5.79. The number of benzene rings is 1. The number of hydrogen-bond acceptors (Lipinski definition) is 5. The summed E-state index contributed by atoms with van der Waals surface area (Å²) >= 11 is 0. The first kappa shape index (κ1) is 16.6. The highest BCUT2D eigenvalue weighted by Crippen LogP contribution is 2.15. The molecule has 1 aromatic rings. The van der Waals surface area contributed by atoms with Gasteiger partial charge in [-0.3, -0.25) is 10.1 Å². The molecule has 0 aromatic heterocycles. The van der Waals surface area contributed by atoms with E-state index in [2.05, 4.69) is 10.5 Å². The lowest BCUT2D eigenvalue weighted by atomic mass is 9.91. The van der Waals surface area contributed by atoms with Crippen molar-refractivity contribution in [3.8, 4) is 0 Å². The second-order valence-corrected chi connectivity index (χ2v) is 5.56. The molecule has 1 amide bonds. The number of ether oxygens (including phenoxy) is 1. The Morgan fingerprint density at radius 1 is 1.33 bits per heavy atom. The van der Waals surface area contributed by atoms with Crippen molar-refractivity contribution in [3.63, 3.8) is 0 Å². The molecule has 114 valence electrons. The number of nitrogens with one attached hydrogen (secondary N) is 1. The molecule has 0 aliphatic carbocycles. The number of hydrogen-bond donors (Lipinski definition) is 1. The first-order valence-corrected chi connectivity index (χ1v) is 6.41. The molecular formula is C14H19N3O4. The average Bonchev–Trinajstić information content (AvgIpc) is 2.41. The van der Waals surface area contributed by atoms with Crippen LogP contribution in [0.25, 0.3) is 0 Å². The van der Waals surface area contributed by atoms with Crippen molar-refractivity contribution in [2.45, 2.75) is 34.3 Å². The zero-order chi connectivity index (χ0) is 16.0. The minimum Gasteiger partial charge on any atom is -0.443 e. The summed E-state index contributed by atoms with van der Waals surface area (Å²) < 4.78 is 4.96. The number of nitro benzene ring substituents is 1. The molecule has 0 atom stereocenters. The Bertz CT molecular complexity index is 544. The van der Waals surface area contributed by atoms with Gasteiger partial charge in [-0.15, -0.1) is 0 Å². The number of carbonyl (C=O) groups is 1. The molecule has 0 aliphatic rings. The second-order valence-electron chi connectivity index (χ2n) is 5.56. The van der Waals surface area contributed by atoms with E-state index in [1.165, 1.54) is 24.3 Å². The molecule has 21 heavy (non-hydrogen) atoms. The Labute approximate surface area is 123 Å². The fraction of sp³-hybridized carbons (Fsp3) is 0.429. The topological polar surface area (TPSA) is 93.8 Å². The molecule has 0 heterocycles. The molecule has 0 unspecified atom stereocenters. The van der Waals surface area contributed by atoms with Gasteiger partial charge in [-0.05, 0) is 24.6 Å². The number of nitrogens with zero attached hydrogens (tertiary/aromatic N) is 2. The number of nitro groups is 1. The van der Waals surface area contributed by atoms with Gasteiger partial charge in [-0.1, -0.05) is 20.8 Å². The summed E-state index contributed by atoms with van der Waals surface area (Å²) in [7, 11) is 0. The number of carbonyl (C=O) groups excluding carboxylic acids is 1. The number of amides is 1. The zero-order valence-electron chi connectivity index (χ0n) is 12.5.